The van der Waals surface area contributed by atoms with Gasteiger partial charge in [-0.15, -0.1) is 0 Å². The molecule has 350 valence electrons. The average Bonchev–Trinajstić information content (AvgIpc) is 3.48. The van der Waals surface area contributed by atoms with Gasteiger partial charge in [0.1, 0.15) is 0 Å². The Hall–Kier alpha value is -9.38. The summed E-state index contributed by atoms with van der Waals surface area (Å²) in [5.41, 5.74) is 30.3. The smallest absolute Gasteiger partial charge is 0.0553 e. The van der Waals surface area contributed by atoms with Crippen LogP contribution in [0.5, 0.6) is 0 Å². The number of anilines is 12. The molecule has 4 aliphatic rings. The molecule has 11 aromatic carbocycles. The van der Waals surface area contributed by atoms with E-state index in [4.69, 9.17) is 0 Å². The summed E-state index contributed by atoms with van der Waals surface area (Å²) < 4.78 is 0. The summed E-state index contributed by atoms with van der Waals surface area (Å²) in [6.07, 6.45) is 3.38. The molecule has 0 N–H and O–H groups in total. The van der Waals surface area contributed by atoms with Gasteiger partial charge in [0.25, 0.3) is 0 Å². The maximum absolute atomic E-state index is 2.61. The van der Waals surface area contributed by atoms with Gasteiger partial charge in [0.15, 0.2) is 0 Å². The number of nitrogens with zero attached hydrogens (tertiary/aromatic N) is 4. The molecule has 0 spiro atoms. The SMILES string of the molecule is c1ccc(-c2ccc(N(c3ccccc3)c3ccc4c5c3Cc3ccccc3N5c3cc5c(cc3C4)N3c4ccccc4Cc4c(N(c6ccccc6)c6ccc(-c7ccccc7)cc6)ccc(c43)C5)cc2)cc1. The van der Waals surface area contributed by atoms with E-state index < -0.39 is 0 Å². The molecule has 0 aliphatic carbocycles. The second-order valence-corrected chi connectivity index (χ2v) is 20.1. The van der Waals surface area contributed by atoms with Crippen LogP contribution in [0.25, 0.3) is 22.3 Å². The minimum atomic E-state index is 0.844. The molecular formula is C70H50N4. The molecule has 4 heteroatoms. The Morgan fingerprint density at radius 1 is 0.243 bits per heavy atom. The minimum absolute atomic E-state index is 0.844. The van der Waals surface area contributed by atoms with Crippen LogP contribution >= 0.6 is 0 Å². The van der Waals surface area contributed by atoms with Crippen LogP contribution in [-0.4, -0.2) is 0 Å². The first-order chi connectivity index (χ1) is 36.7. The lowest BCUT2D eigenvalue weighted by molar-refractivity contribution is 0.978. The molecule has 4 aliphatic heterocycles. The van der Waals surface area contributed by atoms with Crippen LogP contribution < -0.4 is 19.6 Å². The van der Waals surface area contributed by atoms with E-state index in [-0.39, 0.29) is 0 Å². The standard InChI is InChI=1S/C70H50N4/c1-5-17-47(18-6-1)49-29-35-59(36-30-49)71(57-23-9-3-10-24-57)65-39-33-53-41-55-46-68-56(45-67(55)73-63-27-15-13-21-51(63)43-61(65)69(53)73)42-54-34-40-66(62-44-52-22-14-16-28-64(52)74(68)70(54)62)72(58-25-11-4-12-26-58)60-37-31-50(32-38-60)48-19-7-2-8-20-48/h1-40,45-46H,41-44H2. The minimum Gasteiger partial charge on any atom is -0.310 e. The maximum Gasteiger partial charge on any atom is 0.0553 e. The molecule has 11 aromatic rings. The molecule has 4 nitrogen and oxygen atoms in total. The van der Waals surface area contributed by atoms with Gasteiger partial charge in [-0.1, -0.05) is 170 Å². The van der Waals surface area contributed by atoms with Gasteiger partial charge in [0, 0.05) is 70.9 Å². The van der Waals surface area contributed by atoms with E-state index in [1.165, 1.54) is 112 Å². The lowest BCUT2D eigenvalue weighted by Gasteiger charge is -2.44. The average molecular weight is 947 g/mol. The lowest BCUT2D eigenvalue weighted by atomic mass is 9.81. The Labute approximate surface area is 432 Å². The highest BCUT2D eigenvalue weighted by atomic mass is 15.2. The van der Waals surface area contributed by atoms with Gasteiger partial charge in [0.05, 0.1) is 34.1 Å². The Balaban J connectivity index is 0.870. The third-order valence-electron chi connectivity index (χ3n) is 15.8. The summed E-state index contributed by atoms with van der Waals surface area (Å²) in [4.78, 5) is 10.2. The van der Waals surface area contributed by atoms with Crippen LogP contribution in [0, 0.1) is 0 Å². The van der Waals surface area contributed by atoms with Crippen molar-refractivity contribution < 1.29 is 0 Å². The van der Waals surface area contributed by atoms with Gasteiger partial charge in [-0.25, -0.2) is 0 Å². The predicted octanol–water partition coefficient (Wildman–Crippen LogP) is 18.5. The summed E-state index contributed by atoms with van der Waals surface area (Å²) in [5.74, 6) is 0. The van der Waals surface area contributed by atoms with Crippen LogP contribution in [0.4, 0.5) is 68.2 Å². The molecule has 0 saturated heterocycles. The van der Waals surface area contributed by atoms with Gasteiger partial charge in [-0.3, -0.25) is 0 Å². The summed E-state index contributed by atoms with van der Waals surface area (Å²) in [7, 11) is 0. The van der Waals surface area contributed by atoms with Crippen molar-refractivity contribution in [1.82, 2.24) is 0 Å². The summed E-state index contributed by atoms with van der Waals surface area (Å²) in [6, 6.07) is 94.1. The lowest BCUT2D eigenvalue weighted by Crippen LogP contribution is -2.29. The van der Waals surface area contributed by atoms with E-state index in [1.54, 1.807) is 0 Å². The Morgan fingerprint density at radius 3 is 0.986 bits per heavy atom. The van der Waals surface area contributed by atoms with Gasteiger partial charge >= 0.3 is 0 Å². The molecule has 0 saturated carbocycles. The zero-order valence-electron chi connectivity index (χ0n) is 40.9. The van der Waals surface area contributed by atoms with Crippen molar-refractivity contribution in [2.75, 3.05) is 19.6 Å². The highest BCUT2D eigenvalue weighted by Crippen LogP contribution is 2.59. The normalized spacial score (nSPS) is 13.1. The fourth-order valence-electron chi connectivity index (χ4n) is 12.5. The van der Waals surface area contributed by atoms with Crippen LogP contribution in [0.1, 0.15) is 44.5 Å². The molecule has 74 heavy (non-hydrogen) atoms. The highest BCUT2D eigenvalue weighted by Gasteiger charge is 2.39. The van der Waals surface area contributed by atoms with Crippen molar-refractivity contribution in [3.05, 3.63) is 299 Å². The molecule has 0 unspecified atom stereocenters. The van der Waals surface area contributed by atoms with Crippen molar-refractivity contribution in [1.29, 1.82) is 0 Å². The zero-order valence-corrected chi connectivity index (χ0v) is 40.9. The Bertz CT molecular complexity index is 3680. The summed E-state index contributed by atoms with van der Waals surface area (Å²) in [5, 5.41) is 0. The highest BCUT2D eigenvalue weighted by molar-refractivity contribution is 5.99. The largest absolute Gasteiger partial charge is 0.310 e. The first-order valence-corrected chi connectivity index (χ1v) is 25.9. The van der Waals surface area contributed by atoms with Crippen molar-refractivity contribution in [3.8, 4) is 22.3 Å². The number of rotatable bonds is 8. The molecule has 4 heterocycles. The Kier molecular flexibility index (Phi) is 9.80. The van der Waals surface area contributed by atoms with Gasteiger partial charge in [-0.2, -0.15) is 0 Å². The van der Waals surface area contributed by atoms with E-state index in [1.807, 2.05) is 0 Å². The quantitative estimate of drug-likeness (QED) is 0.150. The Morgan fingerprint density at radius 2 is 0.581 bits per heavy atom. The first-order valence-electron chi connectivity index (χ1n) is 25.9. The summed E-state index contributed by atoms with van der Waals surface area (Å²) in [6.45, 7) is 0. The first kappa shape index (κ1) is 42.3. The molecule has 0 fully saturated rings. The number of para-hydroxylation sites is 4. The van der Waals surface area contributed by atoms with Crippen molar-refractivity contribution in [2.45, 2.75) is 25.7 Å². The number of fused-ring (bicyclic) bond motifs is 8. The van der Waals surface area contributed by atoms with Crippen molar-refractivity contribution in [2.24, 2.45) is 0 Å². The third-order valence-corrected chi connectivity index (χ3v) is 15.8. The van der Waals surface area contributed by atoms with Crippen LogP contribution in [0.15, 0.2) is 255 Å². The topological polar surface area (TPSA) is 13.0 Å². The van der Waals surface area contributed by atoms with Crippen LogP contribution in [0.2, 0.25) is 0 Å². The van der Waals surface area contributed by atoms with Crippen molar-refractivity contribution >= 4 is 68.2 Å². The van der Waals surface area contributed by atoms with E-state index >= 15 is 0 Å². The number of benzene rings is 11. The van der Waals surface area contributed by atoms with E-state index in [2.05, 4.69) is 274 Å². The molecule has 0 atom stereocenters. The van der Waals surface area contributed by atoms with Crippen LogP contribution in [0.3, 0.4) is 0 Å². The third kappa shape index (κ3) is 6.83. The molecule has 0 aromatic heterocycles. The molecular weight excluding hydrogens is 897 g/mol. The fraction of sp³-hybridized carbons (Fsp3) is 0.0571. The van der Waals surface area contributed by atoms with Crippen LogP contribution in [-0.2, 0) is 25.7 Å². The molecule has 0 bridgehead atoms. The van der Waals surface area contributed by atoms with E-state index in [9.17, 15) is 0 Å². The number of hydrogen-bond donors (Lipinski definition) is 0. The predicted molar refractivity (Wildman–Crippen MR) is 307 cm³/mol. The molecule has 15 rings (SSSR count). The second-order valence-electron chi connectivity index (χ2n) is 20.1. The van der Waals surface area contributed by atoms with E-state index in [0.29, 0.717) is 0 Å². The van der Waals surface area contributed by atoms with Crippen molar-refractivity contribution in [3.63, 3.8) is 0 Å². The molecule has 0 amide bonds. The summed E-state index contributed by atoms with van der Waals surface area (Å²) >= 11 is 0. The second kappa shape index (κ2) is 17.1. The maximum atomic E-state index is 2.61. The fourth-order valence-corrected chi connectivity index (χ4v) is 12.5. The van der Waals surface area contributed by atoms with Gasteiger partial charge < -0.3 is 19.6 Å². The molecule has 0 radical (unpaired) electrons. The van der Waals surface area contributed by atoms with Gasteiger partial charge in [0.2, 0.25) is 0 Å². The monoisotopic (exact) mass is 946 g/mol. The van der Waals surface area contributed by atoms with E-state index in [0.717, 1.165) is 48.4 Å². The number of hydrogen-bond acceptors (Lipinski definition) is 4. The van der Waals surface area contributed by atoms with Gasteiger partial charge in [-0.05, 0) is 141 Å². The zero-order chi connectivity index (χ0) is 48.7.